The maximum absolute atomic E-state index is 9.97. The van der Waals surface area contributed by atoms with Crippen LogP contribution in [-0.2, 0) is 0 Å². The van der Waals surface area contributed by atoms with E-state index in [0.717, 1.165) is 28.0 Å². The van der Waals surface area contributed by atoms with E-state index in [4.69, 9.17) is 16.6 Å². The molecule has 1 aliphatic carbocycles. The molecule has 0 saturated heterocycles. The molecule has 0 bridgehead atoms. The number of nitrogens with zero attached hydrogens (tertiary/aromatic N) is 2. The minimum atomic E-state index is 0.305. The van der Waals surface area contributed by atoms with Crippen LogP contribution < -0.4 is 0 Å². The zero-order valence-corrected chi connectivity index (χ0v) is 12.4. The summed E-state index contributed by atoms with van der Waals surface area (Å²) in [5.41, 5.74) is 3.83. The average Bonchev–Trinajstić information content (AvgIpc) is 3.22. The zero-order chi connectivity index (χ0) is 14.6. The summed E-state index contributed by atoms with van der Waals surface area (Å²) in [7, 11) is 0. The summed E-state index contributed by atoms with van der Waals surface area (Å²) in [5, 5.41) is 10.7. The molecule has 0 aliphatic heterocycles. The molecule has 0 amide bonds. The third-order valence-electron chi connectivity index (χ3n) is 4.03. The Labute approximate surface area is 127 Å². The molecule has 1 saturated carbocycles. The van der Waals surface area contributed by atoms with Gasteiger partial charge < -0.3 is 9.67 Å². The van der Waals surface area contributed by atoms with Crippen LogP contribution in [0.5, 0.6) is 5.75 Å². The molecular weight excluding hydrogens is 284 g/mol. The molecule has 0 radical (unpaired) electrons. The van der Waals surface area contributed by atoms with Crippen molar-refractivity contribution in [1.29, 1.82) is 0 Å². The Balaban J connectivity index is 1.98. The maximum atomic E-state index is 9.97. The van der Waals surface area contributed by atoms with Crippen molar-refractivity contribution in [2.24, 2.45) is 0 Å². The summed E-state index contributed by atoms with van der Waals surface area (Å²) in [6, 6.07) is 12.1. The molecule has 0 atom stereocenters. The van der Waals surface area contributed by atoms with Gasteiger partial charge in [0.05, 0.1) is 11.0 Å². The van der Waals surface area contributed by atoms with Gasteiger partial charge in [-0.2, -0.15) is 0 Å². The third-order valence-corrected chi connectivity index (χ3v) is 4.27. The summed E-state index contributed by atoms with van der Waals surface area (Å²) < 4.78 is 2.27. The molecule has 4 heteroatoms. The van der Waals surface area contributed by atoms with Crippen molar-refractivity contribution in [3.63, 3.8) is 0 Å². The molecule has 21 heavy (non-hydrogen) atoms. The summed E-state index contributed by atoms with van der Waals surface area (Å²) >= 11 is 6.08. The van der Waals surface area contributed by atoms with Gasteiger partial charge in [-0.05, 0) is 49.6 Å². The fourth-order valence-electron chi connectivity index (χ4n) is 2.73. The topological polar surface area (TPSA) is 38.0 Å². The molecule has 2 aromatic carbocycles. The van der Waals surface area contributed by atoms with Gasteiger partial charge in [0.25, 0.3) is 0 Å². The Morgan fingerprint density at radius 2 is 2.00 bits per heavy atom. The van der Waals surface area contributed by atoms with Gasteiger partial charge in [0.15, 0.2) is 0 Å². The van der Waals surface area contributed by atoms with Crippen LogP contribution in [0.1, 0.15) is 24.4 Å². The highest BCUT2D eigenvalue weighted by molar-refractivity contribution is 6.31. The number of benzene rings is 2. The van der Waals surface area contributed by atoms with Crippen LogP contribution in [-0.4, -0.2) is 14.7 Å². The van der Waals surface area contributed by atoms with Crippen molar-refractivity contribution < 1.29 is 5.11 Å². The number of aromatic hydroxyl groups is 1. The first-order valence-electron chi connectivity index (χ1n) is 7.11. The lowest BCUT2D eigenvalue weighted by atomic mass is 10.1. The molecule has 1 aromatic heterocycles. The fourth-order valence-corrected chi connectivity index (χ4v) is 2.89. The molecule has 3 aromatic rings. The van der Waals surface area contributed by atoms with Gasteiger partial charge in [0, 0.05) is 16.6 Å². The first-order valence-corrected chi connectivity index (χ1v) is 7.49. The maximum Gasteiger partial charge on any atom is 0.141 e. The van der Waals surface area contributed by atoms with Gasteiger partial charge in [-0.1, -0.05) is 23.7 Å². The Morgan fingerprint density at radius 3 is 2.71 bits per heavy atom. The number of hydrogen-bond donors (Lipinski definition) is 1. The van der Waals surface area contributed by atoms with Crippen molar-refractivity contribution in [2.45, 2.75) is 25.8 Å². The number of phenols is 1. The fraction of sp³-hybridized carbons (Fsp3) is 0.235. The van der Waals surface area contributed by atoms with E-state index >= 15 is 0 Å². The molecule has 4 rings (SSSR count). The number of rotatable bonds is 2. The second-order valence-corrected chi connectivity index (χ2v) is 6.11. The molecule has 0 spiro atoms. The summed E-state index contributed by atoms with van der Waals surface area (Å²) in [6.45, 7) is 1.89. The normalized spacial score (nSPS) is 14.8. The molecule has 1 N–H and O–H groups in total. The number of hydrogen-bond acceptors (Lipinski definition) is 2. The lowest BCUT2D eigenvalue weighted by Gasteiger charge is -2.08. The van der Waals surface area contributed by atoms with Gasteiger partial charge in [0.1, 0.15) is 11.6 Å². The van der Waals surface area contributed by atoms with Crippen LogP contribution in [0.15, 0.2) is 36.4 Å². The Morgan fingerprint density at radius 1 is 1.19 bits per heavy atom. The lowest BCUT2D eigenvalue weighted by molar-refractivity contribution is 0.471. The van der Waals surface area contributed by atoms with Gasteiger partial charge in [0.2, 0.25) is 0 Å². The van der Waals surface area contributed by atoms with E-state index in [1.54, 1.807) is 6.07 Å². The number of aryl methyl sites for hydroxylation is 1. The summed E-state index contributed by atoms with van der Waals surface area (Å²) in [4.78, 5) is 4.74. The van der Waals surface area contributed by atoms with Crippen LogP contribution >= 0.6 is 11.6 Å². The van der Waals surface area contributed by atoms with Crippen molar-refractivity contribution in [1.82, 2.24) is 9.55 Å². The third kappa shape index (κ3) is 2.09. The van der Waals surface area contributed by atoms with Crippen LogP contribution in [0.4, 0.5) is 0 Å². The first-order chi connectivity index (χ1) is 10.1. The van der Waals surface area contributed by atoms with Gasteiger partial charge in [-0.3, -0.25) is 0 Å². The van der Waals surface area contributed by atoms with Crippen LogP contribution in [0, 0.1) is 6.92 Å². The second-order valence-electron chi connectivity index (χ2n) is 5.67. The predicted octanol–water partition coefficient (Wildman–Crippen LogP) is 4.71. The first kappa shape index (κ1) is 12.7. The number of imidazole rings is 1. The van der Waals surface area contributed by atoms with Gasteiger partial charge in [-0.15, -0.1) is 0 Å². The van der Waals surface area contributed by atoms with Crippen molar-refractivity contribution in [3.05, 3.63) is 47.0 Å². The highest BCUT2D eigenvalue weighted by Gasteiger charge is 2.28. The Kier molecular flexibility index (Phi) is 2.73. The smallest absolute Gasteiger partial charge is 0.141 e. The van der Waals surface area contributed by atoms with Crippen molar-refractivity contribution in [2.75, 3.05) is 0 Å². The largest absolute Gasteiger partial charge is 0.508 e. The minimum absolute atomic E-state index is 0.305. The molecular formula is C17H15ClN2O. The van der Waals surface area contributed by atoms with E-state index in [1.165, 1.54) is 12.8 Å². The average molecular weight is 299 g/mol. The van der Waals surface area contributed by atoms with Crippen LogP contribution in [0.25, 0.3) is 22.4 Å². The zero-order valence-electron chi connectivity index (χ0n) is 11.7. The monoisotopic (exact) mass is 298 g/mol. The summed E-state index contributed by atoms with van der Waals surface area (Å²) in [5.74, 6) is 1.21. The number of phenolic OH excluding ortho intramolecular Hbond substituents is 1. The van der Waals surface area contributed by atoms with Crippen molar-refractivity contribution >= 4 is 22.6 Å². The van der Waals surface area contributed by atoms with Crippen LogP contribution in [0.3, 0.4) is 0 Å². The molecule has 1 aliphatic rings. The van der Waals surface area contributed by atoms with Gasteiger partial charge >= 0.3 is 0 Å². The number of halogens is 1. The van der Waals surface area contributed by atoms with Crippen molar-refractivity contribution in [3.8, 4) is 17.1 Å². The van der Waals surface area contributed by atoms with E-state index in [-0.39, 0.29) is 0 Å². The molecule has 0 unspecified atom stereocenters. The lowest BCUT2D eigenvalue weighted by Crippen LogP contribution is -1.97. The molecule has 3 nitrogen and oxygen atoms in total. The number of fused-ring (bicyclic) bond motifs is 1. The van der Waals surface area contributed by atoms with E-state index in [2.05, 4.69) is 4.57 Å². The quantitative estimate of drug-likeness (QED) is 0.744. The van der Waals surface area contributed by atoms with Gasteiger partial charge in [-0.25, -0.2) is 4.98 Å². The molecule has 1 heterocycles. The van der Waals surface area contributed by atoms with E-state index in [9.17, 15) is 5.11 Å². The predicted molar refractivity (Wildman–Crippen MR) is 84.9 cm³/mol. The van der Waals surface area contributed by atoms with Crippen LogP contribution in [0.2, 0.25) is 5.02 Å². The SMILES string of the molecule is Cc1ccc(-c2nc3cc(Cl)ccc3n2C2CC2)cc1O. The number of aromatic nitrogens is 2. The highest BCUT2D eigenvalue weighted by Crippen LogP contribution is 2.42. The van der Waals surface area contributed by atoms with E-state index in [1.807, 2.05) is 37.3 Å². The Bertz CT molecular complexity index is 849. The molecule has 106 valence electrons. The summed E-state index contributed by atoms with van der Waals surface area (Å²) in [6.07, 6.45) is 2.36. The van der Waals surface area contributed by atoms with E-state index in [0.29, 0.717) is 16.8 Å². The standard InChI is InChI=1S/C17H15ClN2O/c1-10-2-3-11(8-16(10)21)17-19-14-9-12(18)4-7-15(14)20(17)13-5-6-13/h2-4,7-9,13,21H,5-6H2,1H3. The second kappa shape index (κ2) is 4.50. The molecule has 1 fully saturated rings. The Hall–Kier alpha value is -2.00. The van der Waals surface area contributed by atoms with E-state index < -0.39 is 0 Å². The highest BCUT2D eigenvalue weighted by atomic mass is 35.5. The minimum Gasteiger partial charge on any atom is -0.508 e.